The van der Waals surface area contributed by atoms with Gasteiger partial charge in [0.15, 0.2) is 5.78 Å². The molecule has 1 aliphatic carbocycles. The Balaban J connectivity index is 0. The number of rotatable bonds is 16. The minimum atomic E-state index is -0.484. The van der Waals surface area contributed by atoms with Gasteiger partial charge in [-0.05, 0) is 39.2 Å². The van der Waals surface area contributed by atoms with Crippen molar-refractivity contribution >= 4 is 23.5 Å². The summed E-state index contributed by atoms with van der Waals surface area (Å²) in [7, 11) is 0. The first-order chi connectivity index (χ1) is 17.7. The van der Waals surface area contributed by atoms with Gasteiger partial charge in [-0.2, -0.15) is 9.59 Å². The van der Waals surface area contributed by atoms with Crippen LogP contribution in [0.25, 0.3) is 0 Å². The maximum Gasteiger partial charge on any atom is 0.373 e. The maximum atomic E-state index is 11.6. The molecule has 7 nitrogen and oxygen atoms in total. The van der Waals surface area contributed by atoms with Gasteiger partial charge in [-0.3, -0.25) is 19.4 Å². The second-order valence-corrected chi connectivity index (χ2v) is 8.52. The van der Waals surface area contributed by atoms with Crippen LogP contribution in [0.3, 0.4) is 0 Å². The average Bonchev–Trinajstić information content (AvgIpc) is 2.85. The van der Waals surface area contributed by atoms with Gasteiger partial charge < -0.3 is 4.79 Å². The molecule has 1 rings (SSSR count). The van der Waals surface area contributed by atoms with E-state index in [9.17, 15) is 14.4 Å². The molecule has 0 saturated carbocycles. The van der Waals surface area contributed by atoms with Gasteiger partial charge in [-0.15, -0.1) is 26.3 Å². The standard InChI is InChI=1S/C15H25NO.C14H19NO2.CO2/c1-5-8-9-15(11-10-14(4)17)16(12-6-2)13-7-3;1-4-8-15(9-5-2)12-6-7-14(17)13(10-12)11(3)16;2-1-3/h6-9,15H,2-3,5,10-13H2,1,4H3;4-7,12-13H,1-2,8-10H2,3H3;/b9-8-;;/t15-;12-,13?;/m11./s1. The second-order valence-electron chi connectivity index (χ2n) is 8.52. The van der Waals surface area contributed by atoms with Crippen molar-refractivity contribution in [1.82, 2.24) is 9.80 Å². The van der Waals surface area contributed by atoms with Crippen molar-refractivity contribution in [3.05, 3.63) is 74.9 Å². The molecule has 0 heterocycles. The van der Waals surface area contributed by atoms with E-state index < -0.39 is 5.92 Å². The van der Waals surface area contributed by atoms with Crippen LogP contribution in [0.15, 0.2) is 74.9 Å². The summed E-state index contributed by atoms with van der Waals surface area (Å²) in [6.45, 7) is 23.3. The van der Waals surface area contributed by atoms with Gasteiger partial charge in [0, 0.05) is 44.7 Å². The number of hydrogen-bond acceptors (Lipinski definition) is 7. The van der Waals surface area contributed by atoms with Gasteiger partial charge in [0.25, 0.3) is 0 Å². The Bertz CT molecular complexity index is 817. The first-order valence-corrected chi connectivity index (χ1v) is 12.5. The lowest BCUT2D eigenvalue weighted by Crippen LogP contribution is -2.40. The lowest BCUT2D eigenvalue weighted by molar-refractivity contribution is -0.191. The van der Waals surface area contributed by atoms with Crippen molar-refractivity contribution in [2.45, 2.75) is 58.5 Å². The molecular weight excluding hydrogens is 468 g/mol. The molecule has 0 aromatic rings. The molecule has 204 valence electrons. The minimum Gasteiger partial charge on any atom is -0.300 e. The number of carbonyl (C=O) groups excluding carboxylic acids is 5. The number of Topliss-reactive ketones (excluding diaryl/α,β-unsaturated/α-hetero) is 2. The Hall–Kier alpha value is -3.25. The summed E-state index contributed by atoms with van der Waals surface area (Å²) < 4.78 is 0. The fourth-order valence-electron chi connectivity index (χ4n) is 3.79. The Kier molecular flexibility index (Phi) is 22.5. The van der Waals surface area contributed by atoms with Crippen LogP contribution in [-0.4, -0.2) is 71.6 Å². The van der Waals surface area contributed by atoms with E-state index in [0.717, 1.165) is 39.0 Å². The Labute approximate surface area is 223 Å². The number of hydrogen-bond donors (Lipinski definition) is 0. The number of carbonyl (C=O) groups is 3. The van der Waals surface area contributed by atoms with Crippen LogP contribution in [0, 0.1) is 5.92 Å². The van der Waals surface area contributed by atoms with E-state index in [1.54, 1.807) is 6.92 Å². The molecule has 7 heteroatoms. The van der Waals surface area contributed by atoms with Gasteiger partial charge in [-0.25, -0.2) is 0 Å². The second kappa shape index (κ2) is 23.2. The summed E-state index contributed by atoms with van der Waals surface area (Å²) >= 11 is 0. The number of nitrogens with zero attached hydrogens (tertiary/aromatic N) is 2. The first-order valence-electron chi connectivity index (χ1n) is 12.5. The van der Waals surface area contributed by atoms with Crippen LogP contribution in [0.4, 0.5) is 0 Å². The van der Waals surface area contributed by atoms with Crippen molar-refractivity contribution in [2.24, 2.45) is 5.92 Å². The highest BCUT2D eigenvalue weighted by Crippen LogP contribution is 2.21. The summed E-state index contributed by atoms with van der Waals surface area (Å²) in [5.74, 6) is -0.369. The quantitative estimate of drug-likeness (QED) is 0.221. The molecule has 1 unspecified atom stereocenters. The third kappa shape index (κ3) is 16.9. The van der Waals surface area contributed by atoms with Gasteiger partial charge in [-0.1, -0.05) is 49.5 Å². The molecule has 0 aliphatic heterocycles. The smallest absolute Gasteiger partial charge is 0.300 e. The molecule has 3 atom stereocenters. The van der Waals surface area contributed by atoms with Crippen LogP contribution in [0.1, 0.15) is 46.5 Å². The van der Waals surface area contributed by atoms with Crippen LogP contribution in [-0.2, 0) is 24.0 Å². The zero-order valence-corrected chi connectivity index (χ0v) is 22.8. The fourth-order valence-corrected chi connectivity index (χ4v) is 3.79. The normalized spacial score (nSPS) is 17.1. The van der Waals surface area contributed by atoms with Gasteiger partial charge in [0.05, 0.1) is 5.92 Å². The Morgan fingerprint density at radius 1 is 1.03 bits per heavy atom. The van der Waals surface area contributed by atoms with E-state index in [0.29, 0.717) is 18.9 Å². The topological polar surface area (TPSA) is 91.8 Å². The Morgan fingerprint density at radius 2 is 1.54 bits per heavy atom. The maximum absolute atomic E-state index is 11.6. The van der Waals surface area contributed by atoms with Gasteiger partial charge in [0.2, 0.25) is 0 Å². The lowest BCUT2D eigenvalue weighted by Gasteiger charge is -2.31. The monoisotopic (exact) mass is 512 g/mol. The molecule has 0 bridgehead atoms. The molecule has 1 aliphatic rings. The molecule has 0 saturated heterocycles. The third-order valence-corrected chi connectivity index (χ3v) is 5.57. The average molecular weight is 513 g/mol. The molecule has 0 fully saturated rings. The predicted molar refractivity (Wildman–Crippen MR) is 149 cm³/mol. The number of allylic oxidation sites excluding steroid dienone is 2. The van der Waals surface area contributed by atoms with Crippen molar-refractivity contribution in [3.8, 4) is 0 Å². The highest BCUT2D eigenvalue weighted by molar-refractivity contribution is 6.07. The highest BCUT2D eigenvalue weighted by Gasteiger charge is 2.30. The molecule has 0 aromatic carbocycles. The van der Waals surface area contributed by atoms with Crippen molar-refractivity contribution in [2.75, 3.05) is 26.2 Å². The van der Waals surface area contributed by atoms with Gasteiger partial charge in [0.1, 0.15) is 11.6 Å². The van der Waals surface area contributed by atoms with E-state index in [1.165, 1.54) is 13.0 Å². The third-order valence-electron chi connectivity index (χ3n) is 5.57. The minimum absolute atomic E-state index is 0.0542. The molecule has 37 heavy (non-hydrogen) atoms. The van der Waals surface area contributed by atoms with E-state index in [4.69, 9.17) is 9.59 Å². The molecule has 0 radical (unpaired) electrons. The summed E-state index contributed by atoms with van der Waals surface area (Å²) in [6.07, 6.45) is 18.5. The van der Waals surface area contributed by atoms with Crippen LogP contribution >= 0.6 is 0 Å². The SMILES string of the molecule is C=CCN(CC=C)[C@@H]1C=CC(=O)C(C(C)=O)C1.C=CCN(CC=C)[C@H](/C=C\CC)CCC(C)=O.O=C=O. The number of ketones is 3. The van der Waals surface area contributed by atoms with E-state index in [2.05, 4.69) is 55.2 Å². The summed E-state index contributed by atoms with van der Waals surface area (Å²) in [6, 6.07) is 0.410. The molecule has 0 spiro atoms. The largest absolute Gasteiger partial charge is 0.373 e. The zero-order valence-electron chi connectivity index (χ0n) is 22.8. The summed E-state index contributed by atoms with van der Waals surface area (Å²) in [4.78, 5) is 54.7. The van der Waals surface area contributed by atoms with Crippen molar-refractivity contribution < 1.29 is 24.0 Å². The van der Waals surface area contributed by atoms with Gasteiger partial charge >= 0.3 is 6.15 Å². The summed E-state index contributed by atoms with van der Waals surface area (Å²) in [5.41, 5.74) is 0. The predicted octanol–water partition coefficient (Wildman–Crippen LogP) is 4.54. The van der Waals surface area contributed by atoms with E-state index in [1.807, 2.05) is 30.4 Å². The van der Waals surface area contributed by atoms with Crippen LogP contribution in [0.5, 0.6) is 0 Å². The van der Waals surface area contributed by atoms with Crippen molar-refractivity contribution in [3.63, 3.8) is 0 Å². The summed E-state index contributed by atoms with van der Waals surface area (Å²) in [5, 5.41) is 0. The molecular formula is C30H44N2O5. The first kappa shape index (κ1) is 35.9. The fraction of sp³-hybridized carbons (Fsp3) is 0.467. The zero-order chi connectivity index (χ0) is 28.6. The molecule has 0 N–H and O–H groups in total. The highest BCUT2D eigenvalue weighted by atomic mass is 16.2. The van der Waals surface area contributed by atoms with Crippen LogP contribution < -0.4 is 0 Å². The van der Waals surface area contributed by atoms with E-state index in [-0.39, 0.29) is 29.5 Å². The molecule has 0 amide bonds. The molecule has 0 aromatic heterocycles. The lowest BCUT2D eigenvalue weighted by atomic mass is 9.86. The van der Waals surface area contributed by atoms with E-state index >= 15 is 0 Å². The van der Waals surface area contributed by atoms with Crippen LogP contribution in [0.2, 0.25) is 0 Å². The van der Waals surface area contributed by atoms with Crippen molar-refractivity contribution in [1.29, 1.82) is 0 Å². The Morgan fingerprint density at radius 3 is 1.95 bits per heavy atom.